The maximum atomic E-state index is 12.8. The van der Waals surface area contributed by atoms with Crippen LogP contribution >= 0.6 is 11.6 Å². The number of amides is 1. The number of para-hydroxylation sites is 1. The Hall–Kier alpha value is -3.09. The lowest BCUT2D eigenvalue weighted by atomic mass is 9.94. The minimum Gasteiger partial charge on any atom is -0.497 e. The Morgan fingerprint density at radius 2 is 1.94 bits per heavy atom. The number of methoxy groups -OCH3 is 1. The second-order valence-corrected chi connectivity index (χ2v) is 9.11. The molecule has 0 aliphatic carbocycles. The van der Waals surface area contributed by atoms with Gasteiger partial charge in [0.25, 0.3) is 5.91 Å². The molecule has 0 radical (unpaired) electrons. The molecular formula is C27H31ClN4O2. The highest BCUT2D eigenvalue weighted by Crippen LogP contribution is 2.29. The standard InChI is InChI=1S/C27H31ClN4O2/c1-19(21-6-5-7-23(16-21)34-2)32-14-12-20(13-15-32)17-29-25-9-4-3-8-24(25)27(33)31-26-11-10-22(28)18-30-26/h3-11,16,18-20,29H,12-15,17H2,1-2H3,(H,30,31,33). The van der Waals surface area contributed by atoms with Gasteiger partial charge in [-0.05, 0) is 80.7 Å². The molecular weight excluding hydrogens is 448 g/mol. The first-order chi connectivity index (χ1) is 16.5. The van der Waals surface area contributed by atoms with Gasteiger partial charge in [-0.3, -0.25) is 9.69 Å². The summed E-state index contributed by atoms with van der Waals surface area (Å²) in [5.74, 6) is 1.74. The van der Waals surface area contributed by atoms with Gasteiger partial charge in [-0.25, -0.2) is 4.98 Å². The van der Waals surface area contributed by atoms with Crippen LogP contribution in [-0.2, 0) is 0 Å². The van der Waals surface area contributed by atoms with E-state index in [9.17, 15) is 4.79 Å². The first-order valence-corrected chi connectivity index (χ1v) is 12.0. The summed E-state index contributed by atoms with van der Waals surface area (Å²) in [6, 6.07) is 19.7. The average Bonchev–Trinajstić information content (AvgIpc) is 2.89. The molecule has 2 heterocycles. The zero-order valence-corrected chi connectivity index (χ0v) is 20.4. The highest BCUT2D eigenvalue weighted by atomic mass is 35.5. The number of hydrogen-bond acceptors (Lipinski definition) is 5. The summed E-state index contributed by atoms with van der Waals surface area (Å²) in [4.78, 5) is 19.5. The molecule has 2 N–H and O–H groups in total. The molecule has 7 heteroatoms. The summed E-state index contributed by atoms with van der Waals surface area (Å²) in [5, 5.41) is 6.89. The number of piperidine rings is 1. The molecule has 1 atom stereocenters. The number of benzene rings is 2. The van der Waals surface area contributed by atoms with Gasteiger partial charge in [0.2, 0.25) is 0 Å². The lowest BCUT2D eigenvalue weighted by molar-refractivity contribution is 0.102. The van der Waals surface area contributed by atoms with Crippen molar-refractivity contribution in [1.29, 1.82) is 0 Å². The molecule has 1 aliphatic heterocycles. The first-order valence-electron chi connectivity index (χ1n) is 11.7. The first kappa shape index (κ1) is 24.0. The fraction of sp³-hybridized carbons (Fsp3) is 0.333. The molecule has 2 aromatic carbocycles. The third kappa shape index (κ3) is 6.07. The lowest BCUT2D eigenvalue weighted by Gasteiger charge is -2.36. The normalized spacial score (nSPS) is 15.5. The number of carbonyl (C=O) groups excluding carboxylic acids is 1. The van der Waals surface area contributed by atoms with Gasteiger partial charge >= 0.3 is 0 Å². The summed E-state index contributed by atoms with van der Waals surface area (Å²) in [7, 11) is 1.71. The minimum absolute atomic E-state index is 0.195. The van der Waals surface area contributed by atoms with Crippen LogP contribution in [-0.4, -0.2) is 42.5 Å². The van der Waals surface area contributed by atoms with Crippen molar-refractivity contribution >= 4 is 29.0 Å². The van der Waals surface area contributed by atoms with Crippen molar-refractivity contribution in [1.82, 2.24) is 9.88 Å². The van der Waals surface area contributed by atoms with Crippen molar-refractivity contribution in [3.8, 4) is 5.75 Å². The van der Waals surface area contributed by atoms with Crippen molar-refractivity contribution in [2.45, 2.75) is 25.8 Å². The van der Waals surface area contributed by atoms with E-state index in [0.717, 1.165) is 43.9 Å². The Morgan fingerprint density at radius 3 is 2.68 bits per heavy atom. The van der Waals surface area contributed by atoms with E-state index in [2.05, 4.69) is 45.6 Å². The van der Waals surface area contributed by atoms with Crippen molar-refractivity contribution in [2.24, 2.45) is 5.92 Å². The molecule has 34 heavy (non-hydrogen) atoms. The second kappa shape index (κ2) is 11.4. The van der Waals surface area contributed by atoms with Gasteiger partial charge < -0.3 is 15.4 Å². The van der Waals surface area contributed by atoms with E-state index < -0.39 is 0 Å². The number of aromatic nitrogens is 1. The Balaban J connectivity index is 1.31. The molecule has 3 aromatic rings. The van der Waals surface area contributed by atoms with Gasteiger partial charge in [0.15, 0.2) is 0 Å². The Morgan fingerprint density at radius 1 is 1.15 bits per heavy atom. The van der Waals surface area contributed by atoms with Gasteiger partial charge in [-0.15, -0.1) is 0 Å². The van der Waals surface area contributed by atoms with Crippen LogP contribution in [0.25, 0.3) is 0 Å². The molecule has 4 rings (SSSR count). The molecule has 1 aliphatic rings. The third-order valence-corrected chi connectivity index (χ3v) is 6.72. The van der Waals surface area contributed by atoms with E-state index >= 15 is 0 Å². The highest BCUT2D eigenvalue weighted by Gasteiger charge is 2.24. The zero-order valence-electron chi connectivity index (χ0n) is 19.6. The van der Waals surface area contributed by atoms with Crippen molar-refractivity contribution in [2.75, 3.05) is 37.4 Å². The number of nitrogens with one attached hydrogen (secondary N) is 2. The maximum Gasteiger partial charge on any atom is 0.258 e. The predicted octanol–water partition coefficient (Wildman–Crippen LogP) is 5.88. The summed E-state index contributed by atoms with van der Waals surface area (Å²) in [6.45, 7) is 5.20. The quantitative estimate of drug-likeness (QED) is 0.423. The van der Waals surface area contributed by atoms with Crippen LogP contribution in [0, 0.1) is 5.92 Å². The van der Waals surface area contributed by atoms with E-state index in [0.29, 0.717) is 28.4 Å². The lowest BCUT2D eigenvalue weighted by Crippen LogP contribution is -2.37. The Bertz CT molecular complexity index is 1100. The number of rotatable bonds is 8. The Labute approximate surface area is 206 Å². The number of hydrogen-bond donors (Lipinski definition) is 2. The topological polar surface area (TPSA) is 66.5 Å². The van der Waals surface area contributed by atoms with E-state index in [4.69, 9.17) is 16.3 Å². The van der Waals surface area contributed by atoms with Crippen LogP contribution in [0.15, 0.2) is 66.9 Å². The smallest absolute Gasteiger partial charge is 0.258 e. The zero-order chi connectivity index (χ0) is 23.9. The molecule has 0 spiro atoms. The van der Waals surface area contributed by atoms with Crippen LogP contribution in [0.1, 0.15) is 41.7 Å². The summed E-state index contributed by atoms with van der Waals surface area (Å²) in [5.41, 5.74) is 2.72. The van der Waals surface area contributed by atoms with Crippen molar-refractivity contribution < 1.29 is 9.53 Å². The van der Waals surface area contributed by atoms with Crippen LogP contribution < -0.4 is 15.4 Å². The molecule has 1 amide bonds. The van der Waals surface area contributed by atoms with Crippen LogP contribution in [0.5, 0.6) is 5.75 Å². The van der Waals surface area contributed by atoms with Crippen LogP contribution in [0.4, 0.5) is 11.5 Å². The van der Waals surface area contributed by atoms with E-state index in [1.165, 1.54) is 11.8 Å². The fourth-order valence-electron chi connectivity index (χ4n) is 4.38. The largest absolute Gasteiger partial charge is 0.497 e. The van der Waals surface area contributed by atoms with Crippen molar-refractivity contribution in [3.05, 3.63) is 83.0 Å². The molecule has 1 unspecified atom stereocenters. The number of carbonyl (C=O) groups is 1. The van der Waals surface area contributed by atoms with Gasteiger partial charge in [0.05, 0.1) is 17.7 Å². The number of pyridine rings is 1. The fourth-order valence-corrected chi connectivity index (χ4v) is 4.49. The summed E-state index contributed by atoms with van der Waals surface area (Å²) < 4.78 is 5.38. The van der Waals surface area contributed by atoms with E-state index in [-0.39, 0.29) is 5.91 Å². The number of halogens is 1. The Kier molecular flexibility index (Phi) is 8.03. The molecule has 1 fully saturated rings. The van der Waals surface area contributed by atoms with Gasteiger partial charge in [0, 0.05) is 24.5 Å². The predicted molar refractivity (Wildman–Crippen MR) is 138 cm³/mol. The van der Waals surface area contributed by atoms with Crippen LogP contribution in [0.3, 0.4) is 0 Å². The molecule has 1 aromatic heterocycles. The highest BCUT2D eigenvalue weighted by molar-refractivity contribution is 6.30. The molecule has 1 saturated heterocycles. The molecule has 0 bridgehead atoms. The van der Waals surface area contributed by atoms with Gasteiger partial charge in [0.1, 0.15) is 11.6 Å². The minimum atomic E-state index is -0.195. The average molecular weight is 479 g/mol. The molecule has 0 saturated carbocycles. The number of nitrogens with zero attached hydrogens (tertiary/aromatic N) is 2. The van der Waals surface area contributed by atoms with Crippen LogP contribution in [0.2, 0.25) is 5.02 Å². The summed E-state index contributed by atoms with van der Waals surface area (Å²) >= 11 is 5.88. The second-order valence-electron chi connectivity index (χ2n) is 8.67. The summed E-state index contributed by atoms with van der Waals surface area (Å²) in [6.07, 6.45) is 3.75. The maximum absolute atomic E-state index is 12.8. The number of likely N-dealkylation sites (tertiary alicyclic amines) is 1. The van der Waals surface area contributed by atoms with Gasteiger partial charge in [-0.1, -0.05) is 35.9 Å². The van der Waals surface area contributed by atoms with Gasteiger partial charge in [-0.2, -0.15) is 0 Å². The van der Waals surface area contributed by atoms with E-state index in [1.807, 2.05) is 30.3 Å². The molecule has 6 nitrogen and oxygen atoms in total. The van der Waals surface area contributed by atoms with Crippen molar-refractivity contribution in [3.63, 3.8) is 0 Å². The number of anilines is 2. The SMILES string of the molecule is COc1cccc(C(C)N2CCC(CNc3ccccc3C(=O)Nc3ccc(Cl)cn3)CC2)c1. The molecule has 178 valence electrons. The monoisotopic (exact) mass is 478 g/mol. The third-order valence-electron chi connectivity index (χ3n) is 6.49. The number of ether oxygens (including phenoxy) is 1. The van der Waals surface area contributed by atoms with E-state index in [1.54, 1.807) is 19.2 Å².